The maximum Gasteiger partial charge on any atom is 0.231 e. The lowest BCUT2D eigenvalue weighted by Crippen LogP contribution is -2.24. The zero-order valence-corrected chi connectivity index (χ0v) is 20.7. The first-order valence-corrected chi connectivity index (χ1v) is 12.5. The summed E-state index contributed by atoms with van der Waals surface area (Å²) in [4.78, 5) is 7.27. The highest BCUT2D eigenvalue weighted by Crippen LogP contribution is 2.33. The molecule has 0 amide bonds. The summed E-state index contributed by atoms with van der Waals surface area (Å²) in [6.07, 6.45) is 4.28. The van der Waals surface area contributed by atoms with Gasteiger partial charge in [-0.1, -0.05) is 73.5 Å². The van der Waals surface area contributed by atoms with Crippen LogP contribution in [0.4, 0.5) is 0 Å². The van der Waals surface area contributed by atoms with Gasteiger partial charge in [0.15, 0.2) is 11.5 Å². The van der Waals surface area contributed by atoms with Crippen LogP contribution in [-0.2, 0) is 26.2 Å². The first kappa shape index (κ1) is 23.5. The normalized spacial score (nSPS) is 12.4. The maximum atomic E-state index is 6.30. The standard InChI is InChI=1S/C29H30ClN3O2/c1-2-3-14-33-26(17-31-29(33)24-9-5-4-6-10-24)20-32(18-22-8-7-11-25(30)15-22)19-23-12-13-27-28(16-23)35-21-34-27/h4-13,15-17H,2-3,14,18-21H2,1H3. The van der Waals surface area contributed by atoms with Crippen molar-refractivity contribution >= 4 is 11.6 Å². The van der Waals surface area contributed by atoms with Crippen molar-refractivity contribution in [3.63, 3.8) is 0 Å². The fourth-order valence-electron chi connectivity index (χ4n) is 4.51. The molecule has 0 spiro atoms. The zero-order chi connectivity index (χ0) is 24.0. The minimum atomic E-state index is 0.282. The van der Waals surface area contributed by atoms with Crippen LogP contribution in [0.25, 0.3) is 11.4 Å². The van der Waals surface area contributed by atoms with E-state index in [-0.39, 0.29) is 6.79 Å². The van der Waals surface area contributed by atoms with Crippen LogP contribution in [0.3, 0.4) is 0 Å². The molecule has 1 aliphatic rings. The van der Waals surface area contributed by atoms with Crippen LogP contribution in [0.1, 0.15) is 36.6 Å². The molecule has 0 saturated heterocycles. The summed E-state index contributed by atoms with van der Waals surface area (Å²) in [7, 11) is 0. The van der Waals surface area contributed by atoms with E-state index in [1.54, 1.807) is 0 Å². The van der Waals surface area contributed by atoms with Gasteiger partial charge in [-0.05, 0) is 41.8 Å². The molecule has 0 aliphatic carbocycles. The van der Waals surface area contributed by atoms with Crippen LogP contribution in [0.15, 0.2) is 79.0 Å². The van der Waals surface area contributed by atoms with E-state index in [1.807, 2.05) is 36.5 Å². The Labute approximate surface area is 211 Å². The minimum Gasteiger partial charge on any atom is -0.454 e. The smallest absolute Gasteiger partial charge is 0.231 e. The van der Waals surface area contributed by atoms with E-state index in [0.29, 0.717) is 0 Å². The third-order valence-corrected chi connectivity index (χ3v) is 6.46. The highest BCUT2D eigenvalue weighted by molar-refractivity contribution is 6.30. The van der Waals surface area contributed by atoms with Gasteiger partial charge in [-0.3, -0.25) is 4.90 Å². The van der Waals surface area contributed by atoms with Crippen molar-refractivity contribution in [1.29, 1.82) is 0 Å². The van der Waals surface area contributed by atoms with Crippen molar-refractivity contribution in [3.05, 3.63) is 101 Å². The van der Waals surface area contributed by atoms with Crippen LogP contribution in [0.5, 0.6) is 11.5 Å². The SMILES string of the molecule is CCCCn1c(CN(Cc2cccc(Cl)c2)Cc2ccc3c(c2)OCO3)cnc1-c1ccccc1. The number of ether oxygens (including phenoxy) is 2. The molecule has 5 rings (SSSR count). The lowest BCUT2D eigenvalue weighted by molar-refractivity contribution is 0.174. The number of benzene rings is 3. The monoisotopic (exact) mass is 487 g/mol. The predicted octanol–water partition coefficient (Wildman–Crippen LogP) is 6.93. The molecule has 6 heteroatoms. The largest absolute Gasteiger partial charge is 0.454 e. The number of rotatable bonds is 10. The summed E-state index contributed by atoms with van der Waals surface area (Å²) in [6.45, 7) is 5.76. The number of nitrogens with zero attached hydrogens (tertiary/aromatic N) is 3. The van der Waals surface area contributed by atoms with E-state index in [2.05, 4.69) is 58.9 Å². The minimum absolute atomic E-state index is 0.282. The van der Waals surface area contributed by atoms with Crippen molar-refractivity contribution in [2.24, 2.45) is 0 Å². The van der Waals surface area contributed by atoms with E-state index < -0.39 is 0 Å². The zero-order valence-electron chi connectivity index (χ0n) is 20.0. The lowest BCUT2D eigenvalue weighted by Gasteiger charge is -2.24. The van der Waals surface area contributed by atoms with Crippen LogP contribution in [-0.4, -0.2) is 21.2 Å². The molecule has 0 saturated carbocycles. The van der Waals surface area contributed by atoms with Crippen molar-refractivity contribution in [2.75, 3.05) is 6.79 Å². The Bertz CT molecular complexity index is 1270. The lowest BCUT2D eigenvalue weighted by atomic mass is 10.1. The molecule has 5 nitrogen and oxygen atoms in total. The van der Waals surface area contributed by atoms with Crippen LogP contribution < -0.4 is 9.47 Å². The molecule has 3 aromatic carbocycles. The van der Waals surface area contributed by atoms with Gasteiger partial charge in [0.1, 0.15) is 5.82 Å². The summed E-state index contributed by atoms with van der Waals surface area (Å²) in [6, 6.07) is 24.7. The Morgan fingerprint density at radius 3 is 2.49 bits per heavy atom. The molecule has 1 aliphatic heterocycles. The van der Waals surface area contributed by atoms with E-state index >= 15 is 0 Å². The summed E-state index contributed by atoms with van der Waals surface area (Å²) in [5, 5.41) is 0.755. The van der Waals surface area contributed by atoms with E-state index in [4.69, 9.17) is 26.1 Å². The maximum absolute atomic E-state index is 6.30. The predicted molar refractivity (Wildman–Crippen MR) is 140 cm³/mol. The van der Waals surface area contributed by atoms with E-state index in [9.17, 15) is 0 Å². The number of aromatic nitrogens is 2. The molecule has 0 atom stereocenters. The Morgan fingerprint density at radius 1 is 0.886 bits per heavy atom. The van der Waals surface area contributed by atoms with Crippen molar-refractivity contribution in [2.45, 2.75) is 45.9 Å². The number of imidazole rings is 1. The second-order valence-electron chi connectivity index (χ2n) is 8.91. The number of halogens is 1. The molecule has 4 aromatic rings. The average molecular weight is 488 g/mol. The van der Waals surface area contributed by atoms with Crippen molar-refractivity contribution < 1.29 is 9.47 Å². The van der Waals surface area contributed by atoms with Gasteiger partial charge in [0, 0.05) is 36.8 Å². The van der Waals surface area contributed by atoms with Crippen LogP contribution in [0, 0.1) is 0 Å². The third kappa shape index (κ3) is 5.69. The molecule has 0 fully saturated rings. The molecule has 0 N–H and O–H groups in total. The van der Waals surface area contributed by atoms with Gasteiger partial charge in [0.25, 0.3) is 0 Å². The molecule has 1 aromatic heterocycles. The van der Waals surface area contributed by atoms with Gasteiger partial charge in [0.2, 0.25) is 6.79 Å². The first-order chi connectivity index (χ1) is 17.2. The topological polar surface area (TPSA) is 39.5 Å². The van der Waals surface area contributed by atoms with Crippen LogP contribution >= 0.6 is 11.6 Å². The van der Waals surface area contributed by atoms with Gasteiger partial charge in [0.05, 0.1) is 11.9 Å². The summed E-state index contributed by atoms with van der Waals surface area (Å²) in [5.41, 5.74) is 4.72. The number of hydrogen-bond acceptors (Lipinski definition) is 4. The average Bonchev–Trinajstić information content (AvgIpc) is 3.50. The van der Waals surface area contributed by atoms with Gasteiger partial charge in [-0.2, -0.15) is 0 Å². The Kier molecular flexibility index (Phi) is 7.36. The third-order valence-electron chi connectivity index (χ3n) is 6.23. The number of fused-ring (bicyclic) bond motifs is 1. The molecule has 0 unspecified atom stereocenters. The summed E-state index contributed by atoms with van der Waals surface area (Å²) < 4.78 is 13.5. The van der Waals surface area contributed by atoms with E-state index in [0.717, 1.165) is 66.9 Å². The Morgan fingerprint density at radius 2 is 1.69 bits per heavy atom. The fraction of sp³-hybridized carbons (Fsp3) is 0.276. The molecule has 180 valence electrons. The molecular weight excluding hydrogens is 458 g/mol. The van der Waals surface area contributed by atoms with Gasteiger partial charge >= 0.3 is 0 Å². The number of hydrogen-bond donors (Lipinski definition) is 0. The number of unbranched alkanes of at least 4 members (excludes halogenated alkanes) is 1. The molecule has 0 radical (unpaired) electrons. The summed E-state index contributed by atoms with van der Waals surface area (Å²) in [5.74, 6) is 2.64. The summed E-state index contributed by atoms with van der Waals surface area (Å²) >= 11 is 6.30. The fourth-order valence-corrected chi connectivity index (χ4v) is 4.72. The van der Waals surface area contributed by atoms with Crippen LogP contribution in [0.2, 0.25) is 5.02 Å². The second kappa shape index (κ2) is 11.0. The molecule has 0 bridgehead atoms. The Balaban J connectivity index is 1.45. The van der Waals surface area contributed by atoms with Gasteiger partial charge in [-0.25, -0.2) is 4.98 Å². The molecule has 35 heavy (non-hydrogen) atoms. The van der Waals surface area contributed by atoms with Crippen molar-refractivity contribution in [3.8, 4) is 22.9 Å². The van der Waals surface area contributed by atoms with Gasteiger partial charge < -0.3 is 14.0 Å². The van der Waals surface area contributed by atoms with Gasteiger partial charge in [-0.15, -0.1) is 0 Å². The first-order valence-electron chi connectivity index (χ1n) is 12.1. The van der Waals surface area contributed by atoms with Crippen molar-refractivity contribution in [1.82, 2.24) is 14.5 Å². The molecular formula is C29H30ClN3O2. The quantitative estimate of drug-likeness (QED) is 0.243. The van der Waals surface area contributed by atoms with E-state index in [1.165, 1.54) is 16.8 Å². The second-order valence-corrected chi connectivity index (χ2v) is 9.34. The highest BCUT2D eigenvalue weighted by atomic mass is 35.5. The molecule has 2 heterocycles. The highest BCUT2D eigenvalue weighted by Gasteiger charge is 2.18. The Hall–Kier alpha value is -3.28.